The second-order valence-electron chi connectivity index (χ2n) is 2.48. The average Bonchev–Trinajstić information content (AvgIpc) is 2.10. The molecule has 0 aliphatic rings. The number of benzene rings is 1. The summed E-state index contributed by atoms with van der Waals surface area (Å²) in [4.78, 5) is 0. The number of nitrogens with two attached hydrogens (primary N) is 1. The van der Waals surface area contributed by atoms with Crippen molar-refractivity contribution in [2.24, 2.45) is 5.73 Å². The molecule has 1 unspecified atom stereocenters. The van der Waals surface area contributed by atoms with Crippen LogP contribution in [0.1, 0.15) is 10.8 Å². The quantitative estimate of drug-likeness (QED) is 0.814. The summed E-state index contributed by atoms with van der Waals surface area (Å²) in [6.45, 7) is 0.630. The number of thioether (sulfide) groups is 1. The van der Waals surface area contributed by atoms with Crippen LogP contribution in [0, 0.1) is 0 Å². The van der Waals surface area contributed by atoms with Crippen LogP contribution >= 0.6 is 23.4 Å². The van der Waals surface area contributed by atoms with E-state index >= 15 is 0 Å². The summed E-state index contributed by atoms with van der Waals surface area (Å²) in [5.74, 6) is 0. The molecule has 1 aromatic rings. The highest BCUT2D eigenvalue weighted by molar-refractivity contribution is 7.98. The average molecular weight is 202 g/mol. The van der Waals surface area contributed by atoms with Crippen molar-refractivity contribution < 1.29 is 0 Å². The lowest BCUT2D eigenvalue weighted by Gasteiger charge is -2.13. The van der Waals surface area contributed by atoms with E-state index < -0.39 is 0 Å². The molecule has 3 heteroatoms. The van der Waals surface area contributed by atoms with Gasteiger partial charge in [-0.3, -0.25) is 0 Å². The maximum Gasteiger partial charge on any atom is 0.0449 e. The highest BCUT2D eigenvalue weighted by Gasteiger charge is 2.10. The van der Waals surface area contributed by atoms with E-state index in [2.05, 4.69) is 0 Å². The van der Waals surface area contributed by atoms with E-state index in [4.69, 9.17) is 17.3 Å². The van der Waals surface area contributed by atoms with Crippen molar-refractivity contribution in [3.05, 3.63) is 34.9 Å². The van der Waals surface area contributed by atoms with E-state index in [9.17, 15) is 0 Å². The van der Waals surface area contributed by atoms with Crippen LogP contribution in [-0.2, 0) is 0 Å². The van der Waals surface area contributed by atoms with Crippen LogP contribution in [0.5, 0.6) is 0 Å². The van der Waals surface area contributed by atoms with Crippen LogP contribution < -0.4 is 5.73 Å². The van der Waals surface area contributed by atoms with Gasteiger partial charge in [-0.15, -0.1) is 0 Å². The molecule has 0 amide bonds. The Kier molecular flexibility index (Phi) is 3.92. The summed E-state index contributed by atoms with van der Waals surface area (Å²) in [6, 6.07) is 7.84. The molecular formula is C9H12ClNS. The van der Waals surface area contributed by atoms with Crippen LogP contribution in [0.3, 0.4) is 0 Å². The first-order chi connectivity index (χ1) is 5.79. The minimum Gasteiger partial charge on any atom is -0.329 e. The van der Waals surface area contributed by atoms with Crippen molar-refractivity contribution in [3.63, 3.8) is 0 Å². The summed E-state index contributed by atoms with van der Waals surface area (Å²) < 4.78 is 0. The van der Waals surface area contributed by atoms with Gasteiger partial charge in [-0.2, -0.15) is 11.8 Å². The molecule has 0 fully saturated rings. The minimum absolute atomic E-state index is 0.318. The van der Waals surface area contributed by atoms with Crippen LogP contribution in [-0.4, -0.2) is 12.8 Å². The molecule has 0 saturated heterocycles. The van der Waals surface area contributed by atoms with E-state index in [1.165, 1.54) is 0 Å². The Morgan fingerprint density at radius 2 is 2.17 bits per heavy atom. The molecule has 66 valence electrons. The monoisotopic (exact) mass is 201 g/mol. The van der Waals surface area contributed by atoms with Crippen LogP contribution in [0.25, 0.3) is 0 Å². The van der Waals surface area contributed by atoms with Gasteiger partial charge >= 0.3 is 0 Å². The van der Waals surface area contributed by atoms with Gasteiger partial charge in [0.2, 0.25) is 0 Å². The molecule has 0 bridgehead atoms. The first-order valence-corrected chi connectivity index (χ1v) is 5.43. The number of hydrogen-bond donors (Lipinski definition) is 1. The zero-order valence-electron chi connectivity index (χ0n) is 6.96. The van der Waals surface area contributed by atoms with Crippen LogP contribution in [0.15, 0.2) is 24.3 Å². The largest absolute Gasteiger partial charge is 0.329 e. The number of hydrogen-bond acceptors (Lipinski definition) is 2. The second-order valence-corrected chi connectivity index (χ2v) is 3.93. The van der Waals surface area contributed by atoms with Gasteiger partial charge in [0.15, 0.2) is 0 Å². The van der Waals surface area contributed by atoms with E-state index in [1.54, 1.807) is 11.8 Å². The third kappa shape index (κ3) is 2.16. The van der Waals surface area contributed by atoms with Gasteiger partial charge in [0, 0.05) is 16.8 Å². The predicted molar refractivity (Wildman–Crippen MR) is 56.8 cm³/mol. The smallest absolute Gasteiger partial charge is 0.0449 e. The van der Waals surface area contributed by atoms with Gasteiger partial charge in [0.1, 0.15) is 0 Å². The highest BCUT2D eigenvalue weighted by atomic mass is 35.5. The Labute approximate surface area is 82.3 Å². The van der Waals surface area contributed by atoms with E-state index in [0.717, 1.165) is 10.6 Å². The van der Waals surface area contributed by atoms with Gasteiger partial charge in [0.05, 0.1) is 0 Å². The van der Waals surface area contributed by atoms with Crippen molar-refractivity contribution in [1.82, 2.24) is 0 Å². The molecule has 12 heavy (non-hydrogen) atoms. The summed E-state index contributed by atoms with van der Waals surface area (Å²) in [5, 5.41) is 1.13. The normalized spacial score (nSPS) is 12.9. The lowest BCUT2D eigenvalue weighted by molar-refractivity contribution is 0.945. The Morgan fingerprint density at radius 3 is 2.67 bits per heavy atom. The summed E-state index contributed by atoms with van der Waals surface area (Å²) in [5.41, 5.74) is 6.74. The lowest BCUT2D eigenvalue weighted by Crippen LogP contribution is -2.09. The Morgan fingerprint density at radius 1 is 1.50 bits per heavy atom. The fourth-order valence-electron chi connectivity index (χ4n) is 1.09. The third-order valence-electron chi connectivity index (χ3n) is 1.75. The second kappa shape index (κ2) is 4.75. The van der Waals surface area contributed by atoms with Gasteiger partial charge in [-0.1, -0.05) is 29.8 Å². The molecule has 0 radical (unpaired) electrons. The minimum atomic E-state index is 0.318. The molecule has 1 aromatic carbocycles. The number of halogens is 1. The first-order valence-electron chi connectivity index (χ1n) is 3.77. The van der Waals surface area contributed by atoms with Crippen molar-refractivity contribution >= 4 is 23.4 Å². The summed E-state index contributed by atoms with van der Waals surface area (Å²) in [6.07, 6.45) is 2.04. The fourth-order valence-corrected chi connectivity index (χ4v) is 2.07. The zero-order valence-corrected chi connectivity index (χ0v) is 8.53. The van der Waals surface area contributed by atoms with Crippen molar-refractivity contribution in [2.45, 2.75) is 5.25 Å². The molecule has 0 spiro atoms. The molecule has 0 aromatic heterocycles. The molecule has 1 nitrogen and oxygen atoms in total. The molecule has 2 N–H and O–H groups in total. The fraction of sp³-hybridized carbons (Fsp3) is 0.333. The summed E-state index contributed by atoms with van der Waals surface area (Å²) >= 11 is 7.74. The molecule has 1 rings (SSSR count). The molecule has 0 saturated carbocycles. The lowest BCUT2D eigenvalue weighted by atomic mass is 10.1. The predicted octanol–water partition coefficient (Wildman–Crippen LogP) is 2.70. The molecule has 0 aliphatic heterocycles. The van der Waals surface area contributed by atoms with E-state index in [0.29, 0.717) is 11.8 Å². The first kappa shape index (κ1) is 9.90. The van der Waals surface area contributed by atoms with Crippen molar-refractivity contribution in [2.75, 3.05) is 12.8 Å². The topological polar surface area (TPSA) is 26.0 Å². The number of rotatable bonds is 3. The zero-order chi connectivity index (χ0) is 8.97. The highest BCUT2D eigenvalue weighted by Crippen LogP contribution is 2.30. The molecule has 1 atom stereocenters. The van der Waals surface area contributed by atoms with Gasteiger partial charge in [-0.25, -0.2) is 0 Å². The van der Waals surface area contributed by atoms with Gasteiger partial charge in [0.25, 0.3) is 0 Å². The molecule has 0 aliphatic carbocycles. The summed E-state index contributed by atoms with van der Waals surface area (Å²) in [7, 11) is 0. The van der Waals surface area contributed by atoms with Crippen LogP contribution in [0.4, 0.5) is 0 Å². The Bertz CT molecular complexity index is 248. The maximum atomic E-state index is 6.01. The Hall–Kier alpha value is -0.180. The maximum absolute atomic E-state index is 6.01. The van der Waals surface area contributed by atoms with Crippen LogP contribution in [0.2, 0.25) is 5.02 Å². The van der Waals surface area contributed by atoms with Gasteiger partial charge in [-0.05, 0) is 17.9 Å². The third-order valence-corrected chi connectivity index (χ3v) is 3.11. The van der Waals surface area contributed by atoms with E-state index in [1.807, 2.05) is 30.5 Å². The van der Waals surface area contributed by atoms with E-state index in [-0.39, 0.29) is 0 Å². The van der Waals surface area contributed by atoms with Crippen molar-refractivity contribution in [1.29, 1.82) is 0 Å². The molecule has 0 heterocycles. The molecular weight excluding hydrogens is 190 g/mol. The van der Waals surface area contributed by atoms with Gasteiger partial charge < -0.3 is 5.73 Å². The standard InChI is InChI=1S/C9H12ClNS/c1-12-9(6-11)7-4-2-3-5-8(7)10/h2-5,9H,6,11H2,1H3. The van der Waals surface area contributed by atoms with Crippen molar-refractivity contribution in [3.8, 4) is 0 Å². The Balaban J connectivity index is 2.92. The SMILES string of the molecule is CSC(CN)c1ccccc1Cl.